The summed E-state index contributed by atoms with van der Waals surface area (Å²) in [5.74, 6) is 0. The van der Waals surface area contributed by atoms with Crippen LogP contribution in [0.5, 0.6) is 0 Å². The van der Waals surface area contributed by atoms with Crippen molar-refractivity contribution in [2.75, 3.05) is 6.54 Å². The van der Waals surface area contributed by atoms with Crippen LogP contribution >= 0.6 is 0 Å². The number of nitrogens with one attached hydrogen (secondary N) is 1. The van der Waals surface area contributed by atoms with Gasteiger partial charge in [-0.15, -0.1) is 0 Å². The first kappa shape index (κ1) is 11.6. The zero-order chi connectivity index (χ0) is 11.1. The molecule has 0 aliphatic rings. The fourth-order valence-electron chi connectivity index (χ4n) is 1.35. The predicted octanol–water partition coefficient (Wildman–Crippen LogP) is 3.39. The average molecular weight is 201 g/mol. The van der Waals surface area contributed by atoms with Gasteiger partial charge in [-0.2, -0.15) is 0 Å². The molecule has 1 nitrogen and oxygen atoms in total. The normalized spacial score (nSPS) is 10.5. The van der Waals surface area contributed by atoms with E-state index < -0.39 is 0 Å². The summed E-state index contributed by atoms with van der Waals surface area (Å²) in [6, 6.07) is 8.59. The molecule has 0 amide bonds. The molecular formula is C14H19N. The Morgan fingerprint density at radius 2 is 1.93 bits per heavy atom. The summed E-state index contributed by atoms with van der Waals surface area (Å²) >= 11 is 0. The van der Waals surface area contributed by atoms with E-state index in [4.69, 9.17) is 0 Å². The van der Waals surface area contributed by atoms with E-state index >= 15 is 0 Å². The Kier molecular flexibility index (Phi) is 4.69. The van der Waals surface area contributed by atoms with Crippen molar-refractivity contribution in [1.82, 2.24) is 5.32 Å². The topological polar surface area (TPSA) is 12.0 Å². The Morgan fingerprint density at radius 3 is 2.47 bits per heavy atom. The minimum Gasteiger partial charge on any atom is -0.386 e. The Labute approximate surface area is 92.5 Å². The number of rotatable bonds is 5. The number of hydrogen-bond donors (Lipinski definition) is 1. The highest BCUT2D eigenvalue weighted by Crippen LogP contribution is 2.07. The summed E-state index contributed by atoms with van der Waals surface area (Å²) in [6.45, 7) is 9.04. The lowest BCUT2D eigenvalue weighted by Gasteiger charge is -2.01. The van der Waals surface area contributed by atoms with Gasteiger partial charge in [0.15, 0.2) is 0 Å². The van der Waals surface area contributed by atoms with E-state index in [1.54, 1.807) is 0 Å². The van der Waals surface area contributed by atoms with Gasteiger partial charge in [-0.25, -0.2) is 0 Å². The molecule has 0 fully saturated rings. The van der Waals surface area contributed by atoms with Crippen molar-refractivity contribution in [3.05, 3.63) is 53.7 Å². The Bertz CT molecular complexity index is 333. The standard InChI is InChI=1S/C14H19N/c1-4-13-8-10-14(11-9-13)7-6-12(3)15-5-2/h6-11,15H,3-5H2,1-2H3/b7-6+. The Balaban J connectivity index is 2.60. The van der Waals surface area contributed by atoms with E-state index in [2.05, 4.69) is 56.1 Å². The van der Waals surface area contributed by atoms with Crippen molar-refractivity contribution >= 4 is 6.08 Å². The summed E-state index contributed by atoms with van der Waals surface area (Å²) in [5.41, 5.74) is 3.54. The van der Waals surface area contributed by atoms with Gasteiger partial charge >= 0.3 is 0 Å². The maximum atomic E-state index is 3.90. The highest BCUT2D eigenvalue weighted by atomic mass is 14.8. The Morgan fingerprint density at radius 1 is 1.27 bits per heavy atom. The number of allylic oxidation sites excluding steroid dienone is 1. The second-order valence-corrected chi connectivity index (χ2v) is 3.48. The van der Waals surface area contributed by atoms with E-state index in [9.17, 15) is 0 Å². The molecule has 0 heterocycles. The van der Waals surface area contributed by atoms with Gasteiger partial charge in [0.25, 0.3) is 0 Å². The van der Waals surface area contributed by atoms with Gasteiger partial charge in [0.1, 0.15) is 0 Å². The van der Waals surface area contributed by atoms with Crippen LogP contribution in [0.25, 0.3) is 6.08 Å². The van der Waals surface area contributed by atoms with Crippen LogP contribution < -0.4 is 5.32 Å². The minimum absolute atomic E-state index is 0.915. The van der Waals surface area contributed by atoms with Crippen molar-refractivity contribution in [2.45, 2.75) is 20.3 Å². The van der Waals surface area contributed by atoms with E-state index in [0.717, 1.165) is 18.7 Å². The van der Waals surface area contributed by atoms with Gasteiger partial charge in [0.2, 0.25) is 0 Å². The SMILES string of the molecule is C=C(/C=C/c1ccc(CC)cc1)NCC. The average Bonchev–Trinajstić information content (AvgIpc) is 2.27. The summed E-state index contributed by atoms with van der Waals surface area (Å²) in [4.78, 5) is 0. The van der Waals surface area contributed by atoms with Gasteiger partial charge < -0.3 is 5.32 Å². The van der Waals surface area contributed by atoms with E-state index in [1.165, 1.54) is 11.1 Å². The van der Waals surface area contributed by atoms with Crippen LogP contribution in [-0.2, 0) is 6.42 Å². The molecule has 0 saturated carbocycles. The maximum Gasteiger partial charge on any atom is 0.0267 e. The van der Waals surface area contributed by atoms with E-state index in [1.807, 2.05) is 6.08 Å². The van der Waals surface area contributed by atoms with Gasteiger partial charge in [-0.05, 0) is 30.5 Å². The first-order valence-corrected chi connectivity index (χ1v) is 5.46. The molecule has 0 aromatic heterocycles. The van der Waals surface area contributed by atoms with Crippen LogP contribution in [-0.4, -0.2) is 6.54 Å². The van der Waals surface area contributed by atoms with Crippen LogP contribution in [0.4, 0.5) is 0 Å². The minimum atomic E-state index is 0.915. The number of hydrogen-bond acceptors (Lipinski definition) is 1. The molecule has 0 aliphatic heterocycles. The lowest BCUT2D eigenvalue weighted by atomic mass is 10.1. The third kappa shape index (κ3) is 4.03. The quantitative estimate of drug-likeness (QED) is 0.720. The molecule has 1 rings (SSSR count). The Hall–Kier alpha value is -1.50. The molecule has 1 aromatic rings. The molecule has 1 aromatic carbocycles. The highest BCUT2D eigenvalue weighted by molar-refractivity contribution is 5.52. The van der Waals surface area contributed by atoms with E-state index in [-0.39, 0.29) is 0 Å². The molecule has 15 heavy (non-hydrogen) atoms. The lowest BCUT2D eigenvalue weighted by Crippen LogP contribution is -2.08. The summed E-state index contributed by atoms with van der Waals surface area (Å²) in [7, 11) is 0. The van der Waals surface area contributed by atoms with Gasteiger partial charge in [-0.1, -0.05) is 43.8 Å². The van der Waals surface area contributed by atoms with Crippen molar-refractivity contribution in [3.8, 4) is 0 Å². The maximum absolute atomic E-state index is 3.90. The largest absolute Gasteiger partial charge is 0.386 e. The zero-order valence-corrected chi connectivity index (χ0v) is 9.59. The molecule has 1 N–H and O–H groups in total. The molecule has 0 unspecified atom stereocenters. The van der Waals surface area contributed by atoms with Gasteiger partial charge in [0, 0.05) is 12.2 Å². The van der Waals surface area contributed by atoms with Crippen LogP contribution in [0.3, 0.4) is 0 Å². The van der Waals surface area contributed by atoms with Crippen LogP contribution in [0.2, 0.25) is 0 Å². The smallest absolute Gasteiger partial charge is 0.0267 e. The second kappa shape index (κ2) is 6.07. The zero-order valence-electron chi connectivity index (χ0n) is 9.59. The van der Waals surface area contributed by atoms with Gasteiger partial charge in [-0.3, -0.25) is 0 Å². The molecule has 0 atom stereocenters. The van der Waals surface area contributed by atoms with Crippen molar-refractivity contribution in [1.29, 1.82) is 0 Å². The predicted molar refractivity (Wildman–Crippen MR) is 67.7 cm³/mol. The molecule has 80 valence electrons. The van der Waals surface area contributed by atoms with Crippen molar-refractivity contribution in [3.63, 3.8) is 0 Å². The number of aryl methyl sites for hydroxylation is 1. The molecule has 0 saturated heterocycles. The molecule has 0 radical (unpaired) electrons. The van der Waals surface area contributed by atoms with Crippen LogP contribution in [0.15, 0.2) is 42.6 Å². The number of benzene rings is 1. The first-order chi connectivity index (χ1) is 7.26. The van der Waals surface area contributed by atoms with E-state index in [0.29, 0.717) is 0 Å². The van der Waals surface area contributed by atoms with Crippen molar-refractivity contribution < 1.29 is 0 Å². The third-order valence-electron chi connectivity index (χ3n) is 2.27. The molecule has 1 heteroatoms. The molecular weight excluding hydrogens is 182 g/mol. The van der Waals surface area contributed by atoms with Crippen molar-refractivity contribution in [2.24, 2.45) is 0 Å². The lowest BCUT2D eigenvalue weighted by molar-refractivity contribution is 0.884. The van der Waals surface area contributed by atoms with Crippen LogP contribution in [0.1, 0.15) is 25.0 Å². The second-order valence-electron chi connectivity index (χ2n) is 3.48. The summed E-state index contributed by atoms with van der Waals surface area (Å²) < 4.78 is 0. The number of likely N-dealkylation sites (N-methyl/N-ethyl adjacent to an activating group) is 1. The summed E-state index contributed by atoms with van der Waals surface area (Å²) in [5, 5.41) is 3.16. The fraction of sp³-hybridized carbons (Fsp3) is 0.286. The summed E-state index contributed by atoms with van der Waals surface area (Å²) in [6.07, 6.45) is 5.17. The van der Waals surface area contributed by atoms with Crippen LogP contribution in [0, 0.1) is 0 Å². The first-order valence-electron chi connectivity index (χ1n) is 5.46. The monoisotopic (exact) mass is 201 g/mol. The third-order valence-corrected chi connectivity index (χ3v) is 2.27. The molecule has 0 spiro atoms. The van der Waals surface area contributed by atoms with Gasteiger partial charge in [0.05, 0.1) is 0 Å². The molecule has 0 bridgehead atoms. The molecule has 0 aliphatic carbocycles. The fourth-order valence-corrected chi connectivity index (χ4v) is 1.35. The highest BCUT2D eigenvalue weighted by Gasteiger charge is 1.89.